The fourth-order valence-corrected chi connectivity index (χ4v) is 3.27. The first-order valence-corrected chi connectivity index (χ1v) is 8.61. The van der Waals surface area contributed by atoms with Gasteiger partial charge in [-0.1, -0.05) is 24.3 Å². The van der Waals surface area contributed by atoms with Crippen LogP contribution in [0.4, 0.5) is 5.69 Å². The van der Waals surface area contributed by atoms with Crippen LogP contribution >= 0.6 is 0 Å². The van der Waals surface area contributed by atoms with Crippen LogP contribution in [-0.2, 0) is 14.4 Å². The smallest absolute Gasteiger partial charge is 0.336 e. The fraction of sp³-hybridized carbons (Fsp3) is 0.300. The van der Waals surface area contributed by atoms with Gasteiger partial charge in [0, 0.05) is 34.3 Å². The van der Waals surface area contributed by atoms with E-state index in [0.29, 0.717) is 28.2 Å². The van der Waals surface area contributed by atoms with Gasteiger partial charge in [-0.3, -0.25) is 25.4 Å². The number of aliphatic imine (C=N–C) groups is 1. The minimum atomic E-state index is -0.730. The van der Waals surface area contributed by atoms with Crippen LogP contribution in [0.25, 0.3) is 0 Å². The average molecular weight is 385 g/mol. The summed E-state index contributed by atoms with van der Waals surface area (Å²) in [6.07, 6.45) is 1.58. The van der Waals surface area contributed by atoms with Gasteiger partial charge in [0.15, 0.2) is 0 Å². The van der Waals surface area contributed by atoms with Crippen molar-refractivity contribution in [3.05, 3.63) is 75.1 Å². The number of allylic oxidation sites excluding steroid dienone is 3. The molecule has 148 valence electrons. The highest BCUT2D eigenvalue weighted by Gasteiger charge is 2.38. The zero-order chi connectivity index (χ0) is 20.8. The molecule has 0 aromatic heterocycles. The van der Waals surface area contributed by atoms with Crippen LogP contribution in [0.5, 0.6) is 0 Å². The number of ether oxygens (including phenoxy) is 1. The van der Waals surface area contributed by atoms with Gasteiger partial charge in [-0.05, 0) is 20.8 Å². The first kappa shape index (κ1) is 21.0. The molecule has 0 saturated heterocycles. The molecule has 28 heavy (non-hydrogen) atoms. The number of methoxy groups -OCH3 is 1. The number of rotatable bonds is 7. The van der Waals surface area contributed by atoms with Gasteiger partial charge in [0.1, 0.15) is 0 Å². The Bertz CT molecular complexity index is 899. The molecule has 1 heterocycles. The van der Waals surface area contributed by atoms with Crippen LogP contribution in [0, 0.1) is 10.1 Å². The maximum atomic E-state index is 12.6. The maximum Gasteiger partial charge on any atom is 0.336 e. The second-order valence-electron chi connectivity index (χ2n) is 6.18. The van der Waals surface area contributed by atoms with Gasteiger partial charge < -0.3 is 4.74 Å². The van der Waals surface area contributed by atoms with E-state index in [0.717, 1.165) is 0 Å². The number of hydrogen-bond acceptors (Lipinski definition) is 7. The van der Waals surface area contributed by atoms with Crippen LogP contribution in [0.2, 0.25) is 0 Å². The predicted molar refractivity (Wildman–Crippen MR) is 106 cm³/mol. The first-order valence-electron chi connectivity index (χ1n) is 8.61. The number of hydroxylamine groups is 1. The Morgan fingerprint density at radius 3 is 2.68 bits per heavy atom. The second-order valence-corrected chi connectivity index (χ2v) is 6.18. The van der Waals surface area contributed by atoms with E-state index < -0.39 is 16.8 Å². The summed E-state index contributed by atoms with van der Waals surface area (Å²) in [5.41, 5.74) is 5.63. The van der Waals surface area contributed by atoms with Crippen molar-refractivity contribution >= 4 is 17.4 Å². The Kier molecular flexibility index (Phi) is 6.84. The zero-order valence-corrected chi connectivity index (χ0v) is 16.3. The van der Waals surface area contributed by atoms with Gasteiger partial charge in [-0.25, -0.2) is 4.79 Å². The van der Waals surface area contributed by atoms with Gasteiger partial charge >= 0.3 is 5.97 Å². The number of nitro benzene ring substituents is 1. The van der Waals surface area contributed by atoms with E-state index >= 15 is 0 Å². The van der Waals surface area contributed by atoms with Crippen molar-refractivity contribution in [2.45, 2.75) is 26.7 Å². The quantitative estimate of drug-likeness (QED) is 0.253. The lowest BCUT2D eigenvalue weighted by atomic mass is 9.78. The number of nitrogens with one attached hydrogen (secondary N) is 1. The third-order valence-electron chi connectivity index (χ3n) is 4.37. The number of carbonyl (C=O) groups excluding carboxylic acids is 1. The highest BCUT2D eigenvalue weighted by Crippen LogP contribution is 2.43. The molecule has 1 N–H and O–H groups in total. The molecule has 1 unspecified atom stereocenters. The van der Waals surface area contributed by atoms with Gasteiger partial charge in [-0.2, -0.15) is 0 Å². The number of esters is 1. The first-order chi connectivity index (χ1) is 13.3. The number of nitrogens with zero attached hydrogens (tertiary/aromatic N) is 2. The molecule has 1 aromatic rings. The molecule has 1 atom stereocenters. The molecular formula is C20H23N3O5. The van der Waals surface area contributed by atoms with E-state index in [1.807, 2.05) is 0 Å². The molecule has 0 fully saturated rings. The zero-order valence-electron chi connectivity index (χ0n) is 16.3. The minimum Gasteiger partial charge on any atom is -0.466 e. The average Bonchev–Trinajstić information content (AvgIpc) is 2.66. The molecule has 1 aliphatic rings. The monoisotopic (exact) mass is 385 g/mol. The van der Waals surface area contributed by atoms with E-state index in [1.54, 1.807) is 45.0 Å². The summed E-state index contributed by atoms with van der Waals surface area (Å²) in [6, 6.07) is 6.33. The lowest BCUT2D eigenvalue weighted by molar-refractivity contribution is -0.385. The van der Waals surface area contributed by atoms with Gasteiger partial charge in [0.25, 0.3) is 5.69 Å². The third-order valence-corrected chi connectivity index (χ3v) is 4.37. The summed E-state index contributed by atoms with van der Waals surface area (Å²) in [6.45, 7) is 9.08. The summed E-state index contributed by atoms with van der Waals surface area (Å²) in [5.74, 6) is -1.32. The molecule has 0 saturated carbocycles. The number of benzene rings is 1. The molecule has 1 aliphatic heterocycles. The molecule has 8 heteroatoms. The summed E-state index contributed by atoms with van der Waals surface area (Å²) in [4.78, 5) is 33.5. The Morgan fingerprint density at radius 2 is 2.07 bits per heavy atom. The molecule has 0 bridgehead atoms. The topological polar surface area (TPSA) is 103 Å². The highest BCUT2D eigenvalue weighted by atomic mass is 16.6. The minimum absolute atomic E-state index is 0.0892. The van der Waals surface area contributed by atoms with Gasteiger partial charge in [0.05, 0.1) is 30.1 Å². The number of nitro groups is 1. The number of hydrogen-bond donors (Lipinski definition) is 1. The lowest BCUT2D eigenvalue weighted by Crippen LogP contribution is -2.27. The molecule has 8 nitrogen and oxygen atoms in total. The normalized spacial score (nSPS) is 18.3. The van der Waals surface area contributed by atoms with Crippen LogP contribution in [-0.4, -0.2) is 30.3 Å². The molecule has 0 amide bonds. The Hall–Kier alpha value is -3.26. The van der Waals surface area contributed by atoms with E-state index in [2.05, 4.69) is 17.1 Å². The van der Waals surface area contributed by atoms with E-state index in [9.17, 15) is 14.9 Å². The Labute approximate surface area is 163 Å². The lowest BCUT2D eigenvalue weighted by Gasteiger charge is -2.29. The maximum absolute atomic E-state index is 12.6. The van der Waals surface area contributed by atoms with Crippen molar-refractivity contribution < 1.29 is 19.3 Å². The number of carbonyl (C=O) groups is 1. The molecular weight excluding hydrogens is 362 g/mol. The van der Waals surface area contributed by atoms with Crippen molar-refractivity contribution in [1.29, 1.82) is 0 Å². The van der Waals surface area contributed by atoms with Crippen LogP contribution in [0.15, 0.2) is 64.5 Å². The van der Waals surface area contributed by atoms with Crippen LogP contribution in [0.3, 0.4) is 0 Å². The molecule has 0 spiro atoms. The van der Waals surface area contributed by atoms with Crippen LogP contribution in [0.1, 0.15) is 32.3 Å². The summed E-state index contributed by atoms with van der Waals surface area (Å²) >= 11 is 0. The second kappa shape index (κ2) is 9.09. The SMILES string of the molecule is C=CCON/C(C)=C1\C(C)=NC(C)=C(C(=O)OC)C1c1ccccc1[N+](=O)[O-]. The third kappa shape index (κ3) is 4.17. The van der Waals surface area contributed by atoms with Gasteiger partial charge in [-0.15, -0.1) is 6.58 Å². The number of para-hydroxylation sites is 1. The van der Waals surface area contributed by atoms with Crippen molar-refractivity contribution in [2.24, 2.45) is 4.99 Å². The Morgan fingerprint density at radius 1 is 1.39 bits per heavy atom. The molecule has 0 aliphatic carbocycles. The van der Waals surface area contributed by atoms with Crippen molar-refractivity contribution in [3.63, 3.8) is 0 Å². The molecule has 0 radical (unpaired) electrons. The predicted octanol–water partition coefficient (Wildman–Crippen LogP) is 3.58. The molecule has 2 rings (SSSR count). The highest BCUT2D eigenvalue weighted by molar-refractivity contribution is 6.07. The summed E-state index contributed by atoms with van der Waals surface area (Å²) in [5, 5.41) is 11.6. The summed E-state index contributed by atoms with van der Waals surface area (Å²) < 4.78 is 4.95. The van der Waals surface area contributed by atoms with Crippen molar-refractivity contribution in [3.8, 4) is 0 Å². The molecule has 1 aromatic carbocycles. The van der Waals surface area contributed by atoms with E-state index in [-0.39, 0.29) is 17.9 Å². The van der Waals surface area contributed by atoms with Crippen LogP contribution < -0.4 is 5.48 Å². The van der Waals surface area contributed by atoms with Crippen molar-refractivity contribution in [2.75, 3.05) is 13.7 Å². The summed E-state index contributed by atoms with van der Waals surface area (Å²) in [7, 11) is 1.27. The fourth-order valence-electron chi connectivity index (χ4n) is 3.27. The van der Waals surface area contributed by atoms with Gasteiger partial charge in [0.2, 0.25) is 0 Å². The Balaban J connectivity index is 2.76. The van der Waals surface area contributed by atoms with Crippen molar-refractivity contribution in [1.82, 2.24) is 5.48 Å². The standard InChI is InChI=1S/C20H23N3O5/c1-6-11-28-22-14(4)17-12(2)21-13(3)18(20(24)27-5)19(17)15-9-7-8-10-16(15)23(25)26/h6-10,19,22H,1,11H2,2-5H3/b17-14+. The largest absolute Gasteiger partial charge is 0.466 e. The van der Waals surface area contributed by atoms with E-state index in [4.69, 9.17) is 9.57 Å². The van der Waals surface area contributed by atoms with E-state index in [1.165, 1.54) is 13.2 Å².